The fourth-order valence-electron chi connectivity index (χ4n) is 2.92. The maximum absolute atomic E-state index is 11.2. The Hall–Kier alpha value is -0.570. The number of carboxylic acid groups (broad SMARTS) is 1. The Bertz CT molecular complexity index is 228. The Morgan fingerprint density at radius 3 is 2.65 bits per heavy atom. The molecule has 0 aromatic heterocycles. The molecule has 3 unspecified atom stereocenters. The summed E-state index contributed by atoms with van der Waals surface area (Å²) < 4.78 is 5.57. The van der Waals surface area contributed by atoms with Gasteiger partial charge in [0.1, 0.15) is 0 Å². The molecule has 1 saturated carbocycles. The van der Waals surface area contributed by atoms with Crippen molar-refractivity contribution < 1.29 is 14.6 Å². The predicted octanol–water partition coefficient (Wildman–Crippen LogP) is 3.33. The van der Waals surface area contributed by atoms with Gasteiger partial charge in [-0.2, -0.15) is 0 Å². The fourth-order valence-corrected chi connectivity index (χ4v) is 2.92. The Morgan fingerprint density at radius 1 is 1.29 bits per heavy atom. The SMILES string of the molecule is CCCOCC1CC(CCC)CCC1C(=O)O. The van der Waals surface area contributed by atoms with E-state index in [1.165, 1.54) is 12.8 Å². The molecule has 100 valence electrons. The van der Waals surface area contributed by atoms with Gasteiger partial charge in [-0.15, -0.1) is 0 Å². The average molecular weight is 242 g/mol. The summed E-state index contributed by atoms with van der Waals surface area (Å²) in [5.41, 5.74) is 0. The first kappa shape index (κ1) is 14.5. The summed E-state index contributed by atoms with van der Waals surface area (Å²) in [6, 6.07) is 0. The Balaban J connectivity index is 2.47. The minimum absolute atomic E-state index is 0.181. The van der Waals surface area contributed by atoms with Gasteiger partial charge in [-0.3, -0.25) is 4.79 Å². The van der Waals surface area contributed by atoms with Gasteiger partial charge in [0, 0.05) is 6.61 Å². The zero-order chi connectivity index (χ0) is 12.7. The molecule has 3 heteroatoms. The lowest BCUT2D eigenvalue weighted by molar-refractivity contribution is -0.146. The summed E-state index contributed by atoms with van der Waals surface area (Å²) in [5.74, 6) is 0.125. The highest BCUT2D eigenvalue weighted by atomic mass is 16.5. The van der Waals surface area contributed by atoms with Crippen molar-refractivity contribution in [1.82, 2.24) is 0 Å². The van der Waals surface area contributed by atoms with Crippen LogP contribution in [0.3, 0.4) is 0 Å². The van der Waals surface area contributed by atoms with Crippen molar-refractivity contribution in [3.05, 3.63) is 0 Å². The summed E-state index contributed by atoms with van der Waals surface area (Å²) in [6.07, 6.45) is 6.38. The van der Waals surface area contributed by atoms with Gasteiger partial charge < -0.3 is 9.84 Å². The third-order valence-corrected chi connectivity index (χ3v) is 3.79. The van der Waals surface area contributed by atoms with Crippen LogP contribution in [-0.2, 0) is 9.53 Å². The van der Waals surface area contributed by atoms with E-state index in [-0.39, 0.29) is 11.8 Å². The molecule has 0 amide bonds. The molecular weight excluding hydrogens is 216 g/mol. The second kappa shape index (κ2) is 7.70. The molecule has 1 rings (SSSR count). The number of hydrogen-bond donors (Lipinski definition) is 1. The van der Waals surface area contributed by atoms with Crippen molar-refractivity contribution in [3.8, 4) is 0 Å². The lowest BCUT2D eigenvalue weighted by Gasteiger charge is -2.33. The van der Waals surface area contributed by atoms with E-state index in [2.05, 4.69) is 13.8 Å². The van der Waals surface area contributed by atoms with E-state index in [0.717, 1.165) is 32.3 Å². The lowest BCUT2D eigenvalue weighted by Crippen LogP contribution is -2.33. The average Bonchev–Trinajstić information content (AvgIpc) is 2.30. The Morgan fingerprint density at radius 2 is 2.06 bits per heavy atom. The molecule has 0 heterocycles. The standard InChI is InChI=1S/C14H26O3/c1-3-5-11-6-7-13(14(15)16)12(9-11)10-17-8-4-2/h11-13H,3-10H2,1-2H3,(H,15,16). The van der Waals surface area contributed by atoms with Crippen molar-refractivity contribution in [2.45, 2.75) is 52.4 Å². The molecule has 0 aromatic rings. The van der Waals surface area contributed by atoms with Crippen LogP contribution in [-0.4, -0.2) is 24.3 Å². The van der Waals surface area contributed by atoms with Crippen molar-refractivity contribution in [2.24, 2.45) is 17.8 Å². The second-order valence-electron chi connectivity index (χ2n) is 5.25. The number of carbonyl (C=O) groups is 1. The number of aliphatic carboxylic acids is 1. The third-order valence-electron chi connectivity index (χ3n) is 3.79. The van der Waals surface area contributed by atoms with Crippen LogP contribution in [0.5, 0.6) is 0 Å². The Kier molecular flexibility index (Phi) is 6.56. The number of ether oxygens (including phenoxy) is 1. The Labute approximate surface area is 105 Å². The summed E-state index contributed by atoms with van der Waals surface area (Å²) in [7, 11) is 0. The van der Waals surface area contributed by atoms with E-state index in [4.69, 9.17) is 4.74 Å². The quantitative estimate of drug-likeness (QED) is 0.696. The predicted molar refractivity (Wildman–Crippen MR) is 68.0 cm³/mol. The minimum atomic E-state index is -0.634. The van der Waals surface area contributed by atoms with E-state index in [0.29, 0.717) is 12.5 Å². The normalized spacial score (nSPS) is 29.2. The molecule has 1 fully saturated rings. The van der Waals surface area contributed by atoms with Gasteiger partial charge >= 0.3 is 5.97 Å². The van der Waals surface area contributed by atoms with E-state index >= 15 is 0 Å². The van der Waals surface area contributed by atoms with Gasteiger partial charge in [0.15, 0.2) is 0 Å². The topological polar surface area (TPSA) is 46.5 Å². The number of carboxylic acids is 1. The van der Waals surface area contributed by atoms with Crippen LogP contribution >= 0.6 is 0 Å². The molecule has 1 aliphatic rings. The molecule has 1 aliphatic carbocycles. The zero-order valence-corrected chi connectivity index (χ0v) is 11.2. The molecule has 3 nitrogen and oxygen atoms in total. The second-order valence-corrected chi connectivity index (χ2v) is 5.25. The van der Waals surface area contributed by atoms with E-state index in [9.17, 15) is 9.90 Å². The van der Waals surface area contributed by atoms with Crippen LogP contribution in [0.4, 0.5) is 0 Å². The molecule has 0 radical (unpaired) electrons. The maximum atomic E-state index is 11.2. The van der Waals surface area contributed by atoms with Crippen molar-refractivity contribution in [3.63, 3.8) is 0 Å². The first-order valence-corrected chi connectivity index (χ1v) is 6.99. The molecule has 17 heavy (non-hydrogen) atoms. The molecule has 3 atom stereocenters. The highest BCUT2D eigenvalue weighted by Gasteiger charge is 2.34. The summed E-state index contributed by atoms with van der Waals surface area (Å²) in [6.45, 7) is 5.66. The smallest absolute Gasteiger partial charge is 0.306 e. The zero-order valence-electron chi connectivity index (χ0n) is 11.2. The van der Waals surface area contributed by atoms with Gasteiger partial charge in [0.25, 0.3) is 0 Å². The van der Waals surface area contributed by atoms with Gasteiger partial charge in [-0.25, -0.2) is 0 Å². The summed E-state index contributed by atoms with van der Waals surface area (Å²) in [5, 5.41) is 9.23. The van der Waals surface area contributed by atoms with Gasteiger partial charge in [-0.1, -0.05) is 26.7 Å². The highest BCUT2D eigenvalue weighted by molar-refractivity contribution is 5.70. The molecular formula is C14H26O3. The van der Waals surface area contributed by atoms with Crippen molar-refractivity contribution >= 4 is 5.97 Å². The van der Waals surface area contributed by atoms with Gasteiger partial charge in [0.05, 0.1) is 12.5 Å². The third kappa shape index (κ3) is 4.66. The monoisotopic (exact) mass is 242 g/mol. The summed E-state index contributed by atoms with van der Waals surface area (Å²) >= 11 is 0. The van der Waals surface area contributed by atoms with Crippen molar-refractivity contribution in [1.29, 1.82) is 0 Å². The molecule has 0 bridgehead atoms. The van der Waals surface area contributed by atoms with Crippen LogP contribution in [0.25, 0.3) is 0 Å². The fraction of sp³-hybridized carbons (Fsp3) is 0.929. The summed E-state index contributed by atoms with van der Waals surface area (Å²) in [4.78, 5) is 11.2. The molecule has 0 saturated heterocycles. The number of hydrogen-bond acceptors (Lipinski definition) is 2. The molecule has 0 aliphatic heterocycles. The van der Waals surface area contributed by atoms with E-state index in [1.54, 1.807) is 0 Å². The van der Waals surface area contributed by atoms with Gasteiger partial charge in [-0.05, 0) is 37.5 Å². The first-order valence-electron chi connectivity index (χ1n) is 6.99. The van der Waals surface area contributed by atoms with Gasteiger partial charge in [0.2, 0.25) is 0 Å². The maximum Gasteiger partial charge on any atom is 0.306 e. The first-order chi connectivity index (χ1) is 8.19. The van der Waals surface area contributed by atoms with Crippen molar-refractivity contribution in [2.75, 3.05) is 13.2 Å². The number of rotatable bonds is 7. The highest BCUT2D eigenvalue weighted by Crippen LogP contribution is 2.36. The minimum Gasteiger partial charge on any atom is -0.481 e. The molecule has 0 spiro atoms. The van der Waals surface area contributed by atoms with Crippen LogP contribution in [0.2, 0.25) is 0 Å². The molecule has 1 N–H and O–H groups in total. The largest absolute Gasteiger partial charge is 0.481 e. The van der Waals surface area contributed by atoms with Crippen LogP contribution < -0.4 is 0 Å². The van der Waals surface area contributed by atoms with E-state index < -0.39 is 5.97 Å². The van der Waals surface area contributed by atoms with Crippen LogP contribution in [0, 0.1) is 17.8 Å². The lowest BCUT2D eigenvalue weighted by atomic mass is 9.73. The molecule has 0 aromatic carbocycles. The van der Waals surface area contributed by atoms with Crippen LogP contribution in [0.15, 0.2) is 0 Å². The van der Waals surface area contributed by atoms with Crippen LogP contribution in [0.1, 0.15) is 52.4 Å². The van der Waals surface area contributed by atoms with E-state index in [1.807, 2.05) is 0 Å².